The highest BCUT2D eigenvalue weighted by molar-refractivity contribution is 7.47. The SMILES string of the molecule is CC/C=C\C/C=C\C/C=C\C/C=C\C/C=C\C/C=C\C/C=C\C/C=C\C/C=C\C/C=C\C/C=C\C/C=C\CCCCC(=O)OC(COC(=O)CCCCC/C=C\C/C=C\C/C=C\C/C=C\C/C=C\C/C=C\C/C=C\CC)COP(=O)(O)OCCN. The van der Waals surface area contributed by atoms with Crippen molar-refractivity contribution < 1.29 is 37.6 Å². The maximum absolute atomic E-state index is 12.7. The van der Waals surface area contributed by atoms with Crippen LogP contribution in [0.25, 0.3) is 0 Å². The molecule has 0 aromatic heterocycles. The molecule has 10 heteroatoms. The van der Waals surface area contributed by atoms with Crippen LogP contribution < -0.4 is 5.73 Å². The Bertz CT molecular complexity index is 2240. The van der Waals surface area contributed by atoms with E-state index in [2.05, 4.69) is 245 Å². The molecule has 0 fully saturated rings. The fraction of sp³-hybridized carbons (Fsp3) is 0.467. The van der Waals surface area contributed by atoms with Crippen molar-refractivity contribution in [1.29, 1.82) is 0 Å². The number of phosphoric acid groups is 1. The number of hydrogen-bond acceptors (Lipinski definition) is 8. The number of phosphoric ester groups is 1. The van der Waals surface area contributed by atoms with Crippen LogP contribution >= 0.6 is 7.82 Å². The topological polar surface area (TPSA) is 134 Å². The lowest BCUT2D eigenvalue weighted by Crippen LogP contribution is -2.29. The van der Waals surface area contributed by atoms with Crippen molar-refractivity contribution >= 4 is 19.8 Å². The average Bonchev–Trinajstić information content (AvgIpc) is 3.53. The lowest BCUT2D eigenvalue weighted by atomic mass is 10.1. The van der Waals surface area contributed by atoms with Crippen molar-refractivity contribution in [3.63, 3.8) is 0 Å². The number of carbonyl (C=O) groups excluding carboxylic acids is 2. The molecule has 2 atom stereocenters. The van der Waals surface area contributed by atoms with Crippen LogP contribution in [0.4, 0.5) is 0 Å². The maximum Gasteiger partial charge on any atom is 0.472 e. The van der Waals surface area contributed by atoms with Gasteiger partial charge in [0.05, 0.1) is 13.2 Å². The Balaban J connectivity index is 4.18. The van der Waals surface area contributed by atoms with Gasteiger partial charge < -0.3 is 20.1 Å². The first-order valence-corrected chi connectivity index (χ1v) is 33.4. The number of hydrogen-bond donors (Lipinski definition) is 2. The van der Waals surface area contributed by atoms with E-state index < -0.39 is 32.5 Å². The number of rotatable bonds is 56. The number of unbranched alkanes of at least 4 members (excludes halogenated alkanes) is 5. The standard InChI is InChI=1S/C75H112NO8P/c1-3-5-7-9-11-13-15-17-19-21-23-25-27-29-30-31-32-33-34-35-36-37-38-39-40-41-42-44-46-48-50-52-54-56-58-60-62-64-66-68-75(78)84-73(72-83-85(79,80)82-70-69-76)71-81-74(77)67-65-63-61-59-57-55-53-51-49-47-45-43-28-26-24-22-20-18-16-14-12-10-8-6-4-2/h5-8,11-14,17-20,23-26,29-30,32-33,35-36,38-39,41-43,45-46,48-49,51-52,54-55,57-58,60,73H,3-4,9-10,15-16,21-22,27-28,31,34,37,40,44,47,50,53,56,59,61-72,76H2,1-2H3,(H,79,80)/b7-5-,8-6-,13-11-,14-12-,19-17-,20-18-,25-23-,26-24-,30-29-,33-32-,36-35-,39-38-,42-41-,45-43-,48-46-,51-49-,54-52-,57-55-,60-58-. The Kier molecular flexibility index (Phi) is 62.5. The summed E-state index contributed by atoms with van der Waals surface area (Å²) in [6.07, 6.45) is 107. The Labute approximate surface area is 517 Å². The molecule has 9 nitrogen and oxygen atoms in total. The first kappa shape index (κ1) is 79.1. The molecule has 0 rings (SSSR count). The summed E-state index contributed by atoms with van der Waals surface area (Å²) in [5.41, 5.74) is 5.38. The van der Waals surface area contributed by atoms with Gasteiger partial charge in [-0.15, -0.1) is 0 Å². The predicted molar refractivity (Wildman–Crippen MR) is 366 cm³/mol. The van der Waals surface area contributed by atoms with Crippen LogP contribution in [0.3, 0.4) is 0 Å². The van der Waals surface area contributed by atoms with Gasteiger partial charge in [0.15, 0.2) is 6.10 Å². The van der Waals surface area contributed by atoms with Gasteiger partial charge in [0.25, 0.3) is 0 Å². The Morgan fingerprint density at radius 2 is 0.612 bits per heavy atom. The van der Waals surface area contributed by atoms with E-state index in [1.807, 2.05) is 0 Å². The van der Waals surface area contributed by atoms with Crippen LogP contribution in [0.15, 0.2) is 231 Å². The zero-order valence-corrected chi connectivity index (χ0v) is 53.4. The highest BCUT2D eigenvalue weighted by atomic mass is 31.2. The molecule has 0 heterocycles. The van der Waals surface area contributed by atoms with Crippen molar-refractivity contribution in [2.45, 2.75) is 200 Å². The van der Waals surface area contributed by atoms with Crippen molar-refractivity contribution in [2.75, 3.05) is 26.4 Å². The molecule has 0 saturated carbocycles. The van der Waals surface area contributed by atoms with E-state index in [-0.39, 0.29) is 32.6 Å². The molecule has 3 N–H and O–H groups in total. The second-order valence-corrected chi connectivity index (χ2v) is 21.3. The zero-order chi connectivity index (χ0) is 61.6. The minimum Gasteiger partial charge on any atom is -0.462 e. The molecular weight excluding hydrogens is 1070 g/mol. The largest absolute Gasteiger partial charge is 0.472 e. The molecule has 0 amide bonds. The monoisotopic (exact) mass is 1190 g/mol. The second-order valence-electron chi connectivity index (χ2n) is 19.8. The van der Waals surface area contributed by atoms with Crippen molar-refractivity contribution in [3.8, 4) is 0 Å². The smallest absolute Gasteiger partial charge is 0.462 e. The van der Waals surface area contributed by atoms with Crippen LogP contribution in [-0.2, 0) is 32.7 Å². The molecule has 0 radical (unpaired) electrons. The van der Waals surface area contributed by atoms with E-state index >= 15 is 0 Å². The molecule has 0 aliphatic carbocycles. The van der Waals surface area contributed by atoms with E-state index in [1.54, 1.807) is 0 Å². The Morgan fingerprint density at radius 1 is 0.353 bits per heavy atom. The molecule has 0 aliphatic heterocycles. The number of ether oxygens (including phenoxy) is 2. The third kappa shape index (κ3) is 67.1. The van der Waals surface area contributed by atoms with Gasteiger partial charge in [0.2, 0.25) is 0 Å². The molecule has 2 unspecified atom stereocenters. The van der Waals surface area contributed by atoms with Crippen molar-refractivity contribution in [2.24, 2.45) is 5.73 Å². The van der Waals surface area contributed by atoms with Gasteiger partial charge in [0.1, 0.15) is 6.61 Å². The summed E-state index contributed by atoms with van der Waals surface area (Å²) in [4.78, 5) is 35.2. The number of esters is 2. The fourth-order valence-corrected chi connectivity index (χ4v) is 8.18. The first-order valence-electron chi connectivity index (χ1n) is 31.9. The quantitative estimate of drug-likeness (QED) is 0.0264. The summed E-state index contributed by atoms with van der Waals surface area (Å²) in [5.74, 6) is -0.941. The molecule has 0 saturated heterocycles. The van der Waals surface area contributed by atoms with Gasteiger partial charge >= 0.3 is 19.8 Å². The van der Waals surface area contributed by atoms with Crippen molar-refractivity contribution in [1.82, 2.24) is 0 Å². The third-order valence-electron chi connectivity index (χ3n) is 12.0. The van der Waals surface area contributed by atoms with E-state index in [0.29, 0.717) is 12.8 Å². The molecule has 0 bridgehead atoms. The van der Waals surface area contributed by atoms with E-state index in [9.17, 15) is 19.0 Å². The number of carbonyl (C=O) groups is 2. The van der Waals surface area contributed by atoms with E-state index in [0.717, 1.165) is 154 Å². The molecule has 85 heavy (non-hydrogen) atoms. The van der Waals surface area contributed by atoms with Crippen LogP contribution in [0, 0.1) is 0 Å². The normalized spacial score (nSPS) is 14.5. The second kappa shape index (κ2) is 67.2. The third-order valence-corrected chi connectivity index (χ3v) is 13.0. The van der Waals surface area contributed by atoms with E-state index in [1.165, 1.54) is 0 Å². The van der Waals surface area contributed by atoms with Gasteiger partial charge in [0, 0.05) is 19.4 Å². The van der Waals surface area contributed by atoms with Gasteiger partial charge in [-0.2, -0.15) is 0 Å². The zero-order valence-electron chi connectivity index (χ0n) is 52.5. The molecule has 0 aromatic rings. The van der Waals surface area contributed by atoms with Gasteiger partial charge in [-0.3, -0.25) is 18.6 Å². The Hall–Kier alpha value is -5.93. The molecule has 0 spiro atoms. The van der Waals surface area contributed by atoms with Gasteiger partial charge in [-0.05, 0) is 161 Å². The summed E-state index contributed by atoms with van der Waals surface area (Å²) in [7, 11) is -4.43. The summed E-state index contributed by atoms with van der Waals surface area (Å²) in [5, 5.41) is 0. The van der Waals surface area contributed by atoms with Crippen molar-refractivity contribution in [3.05, 3.63) is 231 Å². The highest BCUT2D eigenvalue weighted by Crippen LogP contribution is 2.43. The minimum absolute atomic E-state index is 0.0272. The van der Waals surface area contributed by atoms with E-state index in [4.69, 9.17) is 24.3 Å². The minimum atomic E-state index is -4.43. The Morgan fingerprint density at radius 3 is 0.906 bits per heavy atom. The molecule has 0 aromatic carbocycles. The number of nitrogens with two attached hydrogens (primary N) is 1. The molecule has 0 aliphatic rings. The summed E-state index contributed by atoms with van der Waals surface area (Å²) in [6.45, 7) is 3.38. The highest BCUT2D eigenvalue weighted by Gasteiger charge is 2.26. The van der Waals surface area contributed by atoms with Crippen LogP contribution in [0.1, 0.15) is 194 Å². The van der Waals surface area contributed by atoms with Gasteiger partial charge in [-0.1, -0.05) is 251 Å². The number of allylic oxidation sites excluding steroid dienone is 38. The van der Waals surface area contributed by atoms with Crippen LogP contribution in [-0.4, -0.2) is 49.3 Å². The lowest BCUT2D eigenvalue weighted by Gasteiger charge is -2.19. The van der Waals surface area contributed by atoms with Crippen LogP contribution in [0.5, 0.6) is 0 Å². The predicted octanol–water partition coefficient (Wildman–Crippen LogP) is 21.1. The summed E-state index contributed by atoms with van der Waals surface area (Å²) in [6, 6.07) is 0. The average molecular weight is 1190 g/mol. The van der Waals surface area contributed by atoms with Crippen LogP contribution in [0.2, 0.25) is 0 Å². The summed E-state index contributed by atoms with van der Waals surface area (Å²) >= 11 is 0. The van der Waals surface area contributed by atoms with Gasteiger partial charge in [-0.25, -0.2) is 4.57 Å². The first-order chi connectivity index (χ1) is 41.8. The lowest BCUT2D eigenvalue weighted by molar-refractivity contribution is -0.161. The molecular formula is C75H112NO8P. The fourth-order valence-electron chi connectivity index (χ4n) is 7.42. The molecule has 470 valence electrons. The summed E-state index contributed by atoms with van der Waals surface area (Å²) < 4.78 is 33.0. The maximum atomic E-state index is 12.7.